The van der Waals surface area contributed by atoms with Crippen LogP contribution in [0.1, 0.15) is 11.1 Å². The lowest BCUT2D eigenvalue weighted by molar-refractivity contribution is -0.143. The van der Waals surface area contributed by atoms with E-state index in [1.54, 1.807) is 0 Å². The van der Waals surface area contributed by atoms with Crippen molar-refractivity contribution in [3.8, 4) is 0 Å². The lowest BCUT2D eigenvalue weighted by atomic mass is 10.1. The van der Waals surface area contributed by atoms with Crippen molar-refractivity contribution in [3.63, 3.8) is 0 Å². The van der Waals surface area contributed by atoms with Crippen LogP contribution < -0.4 is 10.6 Å². The summed E-state index contributed by atoms with van der Waals surface area (Å²) in [5, 5.41) is 4.20. The predicted molar refractivity (Wildman–Crippen MR) is 73.3 cm³/mol. The molecule has 2 amide bonds. The van der Waals surface area contributed by atoms with Crippen LogP contribution >= 0.6 is 0 Å². The maximum absolute atomic E-state index is 12.7. The number of halogens is 6. The lowest BCUT2D eigenvalue weighted by Gasteiger charge is -2.15. The van der Waals surface area contributed by atoms with Gasteiger partial charge in [-0.1, -0.05) is 0 Å². The van der Waals surface area contributed by atoms with Gasteiger partial charge in [0.25, 0.3) is 0 Å². The number of amides is 2. The van der Waals surface area contributed by atoms with E-state index in [2.05, 4.69) is 10.3 Å². The Morgan fingerprint density at radius 1 is 0.792 bits per heavy atom. The van der Waals surface area contributed by atoms with Crippen LogP contribution in [0.2, 0.25) is 0 Å². The summed E-state index contributed by atoms with van der Waals surface area (Å²) in [7, 11) is 0. The summed E-state index contributed by atoms with van der Waals surface area (Å²) in [6, 6.07) is 2.61. The van der Waals surface area contributed by atoms with Crippen molar-refractivity contribution in [2.75, 3.05) is 10.6 Å². The number of nitrogens with zero attached hydrogens (tertiary/aromatic N) is 1. The molecule has 24 heavy (non-hydrogen) atoms. The van der Waals surface area contributed by atoms with Crippen molar-refractivity contribution < 1.29 is 31.1 Å². The highest BCUT2D eigenvalue weighted by Gasteiger charge is 2.37. The number of anilines is 2. The Kier molecular flexibility index (Phi) is 4.67. The van der Waals surface area contributed by atoms with Gasteiger partial charge in [0.1, 0.15) is 0 Å². The number of carbonyl (C=O) groups is 1. The largest absolute Gasteiger partial charge is 0.416 e. The summed E-state index contributed by atoms with van der Waals surface area (Å²) in [5.74, 6) is 0. The van der Waals surface area contributed by atoms with Crippen LogP contribution in [0.25, 0.3) is 0 Å². The van der Waals surface area contributed by atoms with Gasteiger partial charge in [0.15, 0.2) is 0 Å². The third-order valence-electron chi connectivity index (χ3n) is 2.78. The minimum Gasteiger partial charge on any atom is -0.308 e. The number of hydrogen-bond donors (Lipinski definition) is 2. The number of rotatable bonds is 2. The second-order valence-corrected chi connectivity index (χ2v) is 4.61. The Hall–Kier alpha value is -2.78. The lowest BCUT2D eigenvalue weighted by Crippen LogP contribution is -2.20. The first-order valence-corrected chi connectivity index (χ1v) is 6.33. The van der Waals surface area contributed by atoms with Gasteiger partial charge in [-0.2, -0.15) is 26.3 Å². The summed E-state index contributed by atoms with van der Waals surface area (Å²) in [6.07, 6.45) is -7.28. The van der Waals surface area contributed by atoms with Gasteiger partial charge >= 0.3 is 18.4 Å². The van der Waals surface area contributed by atoms with E-state index in [-0.39, 0.29) is 11.8 Å². The molecule has 10 heteroatoms. The number of hydrogen-bond acceptors (Lipinski definition) is 2. The molecule has 1 aromatic heterocycles. The number of aromatic nitrogens is 1. The van der Waals surface area contributed by atoms with E-state index in [1.165, 1.54) is 24.5 Å². The van der Waals surface area contributed by atoms with Gasteiger partial charge < -0.3 is 10.6 Å². The first-order chi connectivity index (χ1) is 11.1. The molecule has 0 saturated heterocycles. The molecule has 0 atom stereocenters. The summed E-state index contributed by atoms with van der Waals surface area (Å²) in [5.41, 5.74) is -3.40. The molecule has 0 spiro atoms. The minimum atomic E-state index is -4.99. The zero-order valence-corrected chi connectivity index (χ0v) is 11.7. The van der Waals surface area contributed by atoms with Crippen molar-refractivity contribution in [2.45, 2.75) is 12.4 Å². The molecule has 2 N–H and O–H groups in total. The molecule has 4 nitrogen and oxygen atoms in total. The van der Waals surface area contributed by atoms with Crippen molar-refractivity contribution in [1.82, 2.24) is 4.98 Å². The van der Waals surface area contributed by atoms with Gasteiger partial charge in [-0.15, -0.1) is 0 Å². The van der Waals surface area contributed by atoms with Gasteiger partial charge in [0.2, 0.25) is 0 Å². The molecule has 0 fully saturated rings. The number of benzene rings is 1. The standard InChI is InChI=1S/C14H9F6N3O/c15-13(16,17)8-5-9(14(18,19)20)7-11(6-8)23-12(24)22-10-1-3-21-4-2-10/h1-7H,(H2,21,22,23,24). The van der Waals surface area contributed by atoms with Gasteiger partial charge in [-0.25, -0.2) is 4.79 Å². The molecule has 1 heterocycles. The fourth-order valence-corrected chi connectivity index (χ4v) is 1.76. The van der Waals surface area contributed by atoms with Crippen LogP contribution in [0, 0.1) is 0 Å². The third-order valence-corrected chi connectivity index (χ3v) is 2.78. The normalized spacial score (nSPS) is 11.9. The molecule has 0 radical (unpaired) electrons. The Labute approximate surface area is 131 Å². The molecule has 0 aliphatic heterocycles. The van der Waals surface area contributed by atoms with E-state index < -0.39 is 35.2 Å². The van der Waals surface area contributed by atoms with E-state index >= 15 is 0 Å². The second-order valence-electron chi connectivity index (χ2n) is 4.61. The summed E-state index contributed by atoms with van der Waals surface area (Å²) >= 11 is 0. The van der Waals surface area contributed by atoms with Gasteiger partial charge in [0.05, 0.1) is 11.1 Å². The Morgan fingerprint density at radius 2 is 1.25 bits per heavy atom. The fraction of sp³-hybridized carbons (Fsp3) is 0.143. The summed E-state index contributed by atoms with van der Waals surface area (Å²) < 4.78 is 76.3. The van der Waals surface area contributed by atoms with Crippen LogP contribution in [-0.4, -0.2) is 11.0 Å². The molecule has 0 bridgehead atoms. The van der Waals surface area contributed by atoms with Gasteiger partial charge in [-0.3, -0.25) is 4.98 Å². The monoisotopic (exact) mass is 349 g/mol. The first kappa shape index (κ1) is 17.6. The number of carbonyl (C=O) groups excluding carboxylic acids is 1. The van der Waals surface area contributed by atoms with Crippen molar-refractivity contribution in [1.29, 1.82) is 0 Å². The number of urea groups is 1. The van der Waals surface area contributed by atoms with Crippen LogP contribution in [0.15, 0.2) is 42.7 Å². The Balaban J connectivity index is 2.27. The van der Waals surface area contributed by atoms with Crippen molar-refractivity contribution in [2.24, 2.45) is 0 Å². The van der Waals surface area contributed by atoms with E-state index in [0.29, 0.717) is 12.1 Å². The van der Waals surface area contributed by atoms with E-state index in [4.69, 9.17) is 0 Å². The average molecular weight is 349 g/mol. The topological polar surface area (TPSA) is 54.0 Å². The van der Waals surface area contributed by atoms with Crippen LogP contribution in [0.3, 0.4) is 0 Å². The van der Waals surface area contributed by atoms with Gasteiger partial charge in [-0.05, 0) is 30.3 Å². The number of alkyl halides is 6. The van der Waals surface area contributed by atoms with Crippen LogP contribution in [-0.2, 0) is 12.4 Å². The Bertz CT molecular complexity index is 695. The average Bonchev–Trinajstić information content (AvgIpc) is 2.46. The minimum absolute atomic E-state index is 0.0219. The smallest absolute Gasteiger partial charge is 0.308 e. The molecule has 0 aliphatic carbocycles. The van der Waals surface area contributed by atoms with Crippen LogP contribution in [0.5, 0.6) is 0 Å². The molecule has 0 unspecified atom stereocenters. The number of pyridine rings is 1. The predicted octanol–water partition coefficient (Wildman–Crippen LogP) is 4.76. The quantitative estimate of drug-likeness (QED) is 0.768. The van der Waals surface area contributed by atoms with Crippen LogP contribution in [0.4, 0.5) is 42.5 Å². The summed E-state index contributed by atoms with van der Waals surface area (Å²) in [4.78, 5) is 15.4. The molecule has 2 rings (SSSR count). The highest BCUT2D eigenvalue weighted by Crippen LogP contribution is 2.37. The molecule has 0 aliphatic rings. The highest BCUT2D eigenvalue weighted by atomic mass is 19.4. The van der Waals surface area contributed by atoms with E-state index in [1.807, 2.05) is 5.32 Å². The van der Waals surface area contributed by atoms with E-state index in [9.17, 15) is 31.1 Å². The highest BCUT2D eigenvalue weighted by molar-refractivity contribution is 5.99. The Morgan fingerprint density at radius 3 is 1.71 bits per heavy atom. The maximum Gasteiger partial charge on any atom is 0.416 e. The van der Waals surface area contributed by atoms with Crippen molar-refractivity contribution >= 4 is 17.4 Å². The van der Waals surface area contributed by atoms with Crippen molar-refractivity contribution in [3.05, 3.63) is 53.9 Å². The number of nitrogens with one attached hydrogen (secondary N) is 2. The third kappa shape index (κ3) is 4.61. The zero-order valence-electron chi connectivity index (χ0n) is 11.7. The molecular weight excluding hydrogens is 340 g/mol. The molecule has 1 aromatic carbocycles. The SMILES string of the molecule is O=C(Nc1ccncc1)Nc1cc(C(F)(F)F)cc(C(F)(F)F)c1. The first-order valence-electron chi connectivity index (χ1n) is 6.33. The molecular formula is C14H9F6N3O. The van der Waals surface area contributed by atoms with Gasteiger partial charge in [0, 0.05) is 23.8 Å². The summed E-state index contributed by atoms with van der Waals surface area (Å²) in [6.45, 7) is 0. The molecule has 128 valence electrons. The zero-order chi connectivity index (χ0) is 18.0. The van der Waals surface area contributed by atoms with E-state index in [0.717, 1.165) is 0 Å². The second kappa shape index (κ2) is 6.38. The fourth-order valence-electron chi connectivity index (χ4n) is 1.76. The molecule has 2 aromatic rings. The molecule has 0 saturated carbocycles. The maximum atomic E-state index is 12.7.